The van der Waals surface area contributed by atoms with E-state index in [1.54, 1.807) is 25.3 Å². The van der Waals surface area contributed by atoms with E-state index in [-0.39, 0.29) is 11.8 Å². The Kier molecular flexibility index (Phi) is 2.60. The van der Waals surface area contributed by atoms with Crippen molar-refractivity contribution in [2.24, 2.45) is 5.92 Å². The standard InChI is InChI=1S/C14H15NO4/c1-15-13(17)10-6-11(16)8-4-3-7(19-2)5-9(8)12(10)14(15)18/h3-5,10-12,16H,6H2,1-2H3/t10-,11?,12+/m1/s1. The van der Waals surface area contributed by atoms with Crippen LogP contribution in [0, 0.1) is 5.92 Å². The predicted molar refractivity (Wildman–Crippen MR) is 66.6 cm³/mol. The van der Waals surface area contributed by atoms with E-state index in [4.69, 9.17) is 4.74 Å². The first-order chi connectivity index (χ1) is 9.04. The number of amides is 2. The van der Waals surface area contributed by atoms with Crippen LogP contribution in [0.2, 0.25) is 0 Å². The van der Waals surface area contributed by atoms with Crippen molar-refractivity contribution in [3.8, 4) is 5.75 Å². The summed E-state index contributed by atoms with van der Waals surface area (Å²) < 4.78 is 5.16. The molecular weight excluding hydrogens is 246 g/mol. The minimum Gasteiger partial charge on any atom is -0.497 e. The van der Waals surface area contributed by atoms with Gasteiger partial charge in [-0.2, -0.15) is 0 Å². The molecule has 1 saturated heterocycles. The van der Waals surface area contributed by atoms with Gasteiger partial charge in [-0.05, 0) is 29.7 Å². The summed E-state index contributed by atoms with van der Waals surface area (Å²) in [7, 11) is 3.04. The lowest BCUT2D eigenvalue weighted by molar-refractivity contribution is -0.138. The van der Waals surface area contributed by atoms with Crippen molar-refractivity contribution in [2.45, 2.75) is 18.4 Å². The maximum Gasteiger partial charge on any atom is 0.237 e. The van der Waals surface area contributed by atoms with E-state index >= 15 is 0 Å². The van der Waals surface area contributed by atoms with Crippen LogP contribution in [0.5, 0.6) is 5.75 Å². The second-order valence-electron chi connectivity index (χ2n) is 5.07. The van der Waals surface area contributed by atoms with Crippen molar-refractivity contribution in [1.29, 1.82) is 0 Å². The van der Waals surface area contributed by atoms with Crippen molar-refractivity contribution in [2.75, 3.05) is 14.2 Å². The molecule has 1 fully saturated rings. The van der Waals surface area contributed by atoms with Crippen LogP contribution in [0.3, 0.4) is 0 Å². The summed E-state index contributed by atoms with van der Waals surface area (Å²) in [6.07, 6.45) is -0.399. The number of nitrogens with zero attached hydrogens (tertiary/aromatic N) is 1. The number of fused-ring (bicyclic) bond motifs is 3. The molecule has 0 saturated carbocycles. The molecule has 1 aliphatic heterocycles. The molecule has 2 aliphatic rings. The van der Waals surface area contributed by atoms with Crippen LogP contribution in [0.15, 0.2) is 18.2 Å². The van der Waals surface area contributed by atoms with Crippen LogP contribution >= 0.6 is 0 Å². The summed E-state index contributed by atoms with van der Waals surface area (Å²) in [5, 5.41) is 10.1. The first kappa shape index (κ1) is 12.2. The Bertz CT molecular complexity index is 569. The van der Waals surface area contributed by atoms with Crippen LogP contribution in [0.1, 0.15) is 29.6 Å². The summed E-state index contributed by atoms with van der Waals surface area (Å²) in [6, 6.07) is 5.28. The maximum absolute atomic E-state index is 12.2. The summed E-state index contributed by atoms with van der Waals surface area (Å²) in [4.78, 5) is 25.4. The van der Waals surface area contributed by atoms with E-state index in [0.717, 1.165) is 10.5 Å². The number of rotatable bonds is 1. The topological polar surface area (TPSA) is 66.8 Å². The fourth-order valence-electron chi connectivity index (χ4n) is 3.09. The molecule has 5 nitrogen and oxygen atoms in total. The number of methoxy groups -OCH3 is 1. The number of benzene rings is 1. The molecule has 1 aliphatic carbocycles. The van der Waals surface area contributed by atoms with E-state index in [1.165, 1.54) is 7.05 Å². The average Bonchev–Trinajstić information content (AvgIpc) is 2.63. The van der Waals surface area contributed by atoms with Crippen LogP contribution in [0.25, 0.3) is 0 Å². The number of hydrogen-bond acceptors (Lipinski definition) is 4. The zero-order valence-corrected chi connectivity index (χ0v) is 10.8. The van der Waals surface area contributed by atoms with E-state index < -0.39 is 17.9 Å². The molecule has 1 N–H and O–H groups in total. The van der Waals surface area contributed by atoms with Gasteiger partial charge in [0.15, 0.2) is 0 Å². The van der Waals surface area contributed by atoms with E-state index in [0.29, 0.717) is 17.7 Å². The zero-order chi connectivity index (χ0) is 13.7. The second kappa shape index (κ2) is 4.06. The molecule has 2 amide bonds. The number of carbonyl (C=O) groups excluding carboxylic acids is 2. The van der Waals surface area contributed by atoms with E-state index in [2.05, 4.69) is 0 Å². The first-order valence-electron chi connectivity index (χ1n) is 6.22. The number of likely N-dealkylation sites (tertiary alicyclic amines) is 1. The largest absolute Gasteiger partial charge is 0.497 e. The van der Waals surface area contributed by atoms with E-state index in [9.17, 15) is 14.7 Å². The van der Waals surface area contributed by atoms with Gasteiger partial charge in [0.2, 0.25) is 11.8 Å². The molecule has 0 bridgehead atoms. The highest BCUT2D eigenvalue weighted by Crippen LogP contribution is 2.47. The molecular formula is C14H15NO4. The molecule has 1 unspecified atom stereocenters. The molecule has 0 radical (unpaired) electrons. The number of imide groups is 1. The number of hydrogen-bond donors (Lipinski definition) is 1. The highest BCUT2D eigenvalue weighted by molar-refractivity contribution is 6.08. The third-order valence-corrected chi connectivity index (χ3v) is 4.11. The minimum absolute atomic E-state index is 0.198. The molecule has 3 atom stereocenters. The molecule has 100 valence electrons. The molecule has 19 heavy (non-hydrogen) atoms. The maximum atomic E-state index is 12.2. The monoisotopic (exact) mass is 261 g/mol. The fraction of sp³-hybridized carbons (Fsp3) is 0.429. The van der Waals surface area contributed by atoms with Gasteiger partial charge in [0, 0.05) is 7.05 Å². The van der Waals surface area contributed by atoms with E-state index in [1.807, 2.05) is 0 Å². The van der Waals surface area contributed by atoms with Crippen molar-refractivity contribution in [3.05, 3.63) is 29.3 Å². The number of carbonyl (C=O) groups is 2. The van der Waals surface area contributed by atoms with Gasteiger partial charge in [-0.1, -0.05) is 6.07 Å². The molecule has 1 aromatic rings. The normalized spacial score (nSPS) is 29.2. The Labute approximate surface area is 110 Å². The van der Waals surface area contributed by atoms with Crippen LogP contribution in [0.4, 0.5) is 0 Å². The summed E-state index contributed by atoms with van der Waals surface area (Å²) in [5.74, 6) is -0.710. The summed E-state index contributed by atoms with van der Waals surface area (Å²) in [6.45, 7) is 0. The Morgan fingerprint density at radius 3 is 2.68 bits per heavy atom. The SMILES string of the molecule is COc1ccc2c(c1)[C@@H]1C(=O)N(C)C(=O)[C@@H]1CC2O. The third kappa shape index (κ3) is 1.58. The van der Waals surface area contributed by atoms with Crippen LogP contribution in [-0.2, 0) is 9.59 Å². The molecule has 1 heterocycles. The number of likely N-dealkylation sites (N-methyl/N-ethyl adjacent to an activating group) is 1. The number of aliphatic hydroxyl groups is 1. The molecule has 5 heteroatoms. The molecule has 0 aromatic heterocycles. The van der Waals surface area contributed by atoms with Gasteiger partial charge in [0.05, 0.1) is 25.0 Å². The van der Waals surface area contributed by atoms with Crippen LogP contribution in [-0.4, -0.2) is 36.0 Å². The highest BCUT2D eigenvalue weighted by Gasteiger charge is 2.50. The average molecular weight is 261 g/mol. The Balaban J connectivity index is 2.15. The van der Waals surface area contributed by atoms with Gasteiger partial charge < -0.3 is 9.84 Å². The van der Waals surface area contributed by atoms with Crippen LogP contribution < -0.4 is 4.74 Å². The van der Waals surface area contributed by atoms with Gasteiger partial charge in [0.25, 0.3) is 0 Å². The van der Waals surface area contributed by atoms with Gasteiger partial charge in [-0.3, -0.25) is 14.5 Å². The third-order valence-electron chi connectivity index (χ3n) is 4.11. The molecule has 1 aromatic carbocycles. The molecule has 3 rings (SSSR count). The highest BCUT2D eigenvalue weighted by atomic mass is 16.5. The summed E-state index contributed by atoms with van der Waals surface area (Å²) >= 11 is 0. The van der Waals surface area contributed by atoms with Gasteiger partial charge in [0.1, 0.15) is 5.75 Å². The number of ether oxygens (including phenoxy) is 1. The lowest BCUT2D eigenvalue weighted by Gasteiger charge is -2.29. The van der Waals surface area contributed by atoms with Gasteiger partial charge in [-0.15, -0.1) is 0 Å². The van der Waals surface area contributed by atoms with Crippen molar-refractivity contribution < 1.29 is 19.4 Å². The lowest BCUT2D eigenvalue weighted by Crippen LogP contribution is -2.26. The van der Waals surface area contributed by atoms with Gasteiger partial charge in [-0.25, -0.2) is 0 Å². The fourth-order valence-corrected chi connectivity index (χ4v) is 3.09. The molecule has 0 spiro atoms. The zero-order valence-electron chi connectivity index (χ0n) is 10.8. The quantitative estimate of drug-likeness (QED) is 0.760. The summed E-state index contributed by atoms with van der Waals surface area (Å²) in [5.41, 5.74) is 1.43. The minimum atomic E-state index is -0.703. The Morgan fingerprint density at radius 1 is 1.26 bits per heavy atom. The van der Waals surface area contributed by atoms with Crippen molar-refractivity contribution in [3.63, 3.8) is 0 Å². The Hall–Kier alpha value is -1.88. The van der Waals surface area contributed by atoms with Crippen molar-refractivity contribution >= 4 is 11.8 Å². The van der Waals surface area contributed by atoms with Gasteiger partial charge >= 0.3 is 0 Å². The smallest absolute Gasteiger partial charge is 0.237 e. The van der Waals surface area contributed by atoms with Crippen molar-refractivity contribution in [1.82, 2.24) is 4.90 Å². The first-order valence-corrected chi connectivity index (χ1v) is 6.22. The second-order valence-corrected chi connectivity index (χ2v) is 5.07. The number of aliphatic hydroxyl groups excluding tert-OH is 1. The Morgan fingerprint density at radius 2 is 2.00 bits per heavy atom. The predicted octanol–water partition coefficient (Wildman–Crippen LogP) is 0.831. The lowest BCUT2D eigenvalue weighted by atomic mass is 9.75.